The molecule has 0 aliphatic carbocycles. The molecule has 6 nitrogen and oxygen atoms in total. The molecule has 0 unspecified atom stereocenters. The summed E-state index contributed by atoms with van der Waals surface area (Å²) in [7, 11) is 0. The monoisotopic (exact) mass is 331 g/mol. The number of aliphatic hydroxyl groups is 1. The fourth-order valence-corrected chi connectivity index (χ4v) is 3.14. The van der Waals surface area contributed by atoms with E-state index in [-0.39, 0.29) is 0 Å². The summed E-state index contributed by atoms with van der Waals surface area (Å²) in [6, 6.07) is 9.89. The zero-order valence-electron chi connectivity index (χ0n) is 14.2. The molecule has 6 heteroatoms. The molecule has 3 heterocycles. The van der Waals surface area contributed by atoms with Crippen LogP contribution < -0.4 is 0 Å². The highest BCUT2D eigenvalue weighted by atomic mass is 16.3. The predicted octanol–water partition coefficient (Wildman–Crippen LogP) is 3.29. The lowest BCUT2D eigenvalue weighted by Crippen LogP contribution is -2.14. The van der Waals surface area contributed by atoms with Crippen LogP contribution in [0.4, 0.5) is 0 Å². The topological polar surface area (TPSA) is 90.0 Å². The molecule has 4 rings (SSSR count). The number of aryl methyl sites for hydroxylation is 1. The summed E-state index contributed by atoms with van der Waals surface area (Å²) in [4.78, 5) is 12.1. The number of imidazole rings is 1. The van der Waals surface area contributed by atoms with Crippen molar-refractivity contribution in [3.8, 4) is 17.3 Å². The molecule has 0 aliphatic rings. The van der Waals surface area contributed by atoms with E-state index in [4.69, 9.17) is 4.98 Å². The molecule has 0 spiro atoms. The number of hydrogen-bond donors (Lipinski definition) is 2. The molecule has 0 fully saturated rings. The number of fused-ring (bicyclic) bond motifs is 3. The van der Waals surface area contributed by atoms with Gasteiger partial charge in [-0.3, -0.25) is 4.40 Å². The molecule has 4 aromatic rings. The summed E-state index contributed by atoms with van der Waals surface area (Å²) in [6.07, 6.45) is 3.42. The van der Waals surface area contributed by atoms with Gasteiger partial charge in [-0.1, -0.05) is 24.3 Å². The van der Waals surface area contributed by atoms with Gasteiger partial charge in [-0.2, -0.15) is 5.26 Å². The highest BCUT2D eigenvalue weighted by molar-refractivity contribution is 5.87. The third-order valence-electron chi connectivity index (χ3n) is 4.44. The number of nitriles is 1. The summed E-state index contributed by atoms with van der Waals surface area (Å²) < 4.78 is 1.95. The van der Waals surface area contributed by atoms with Gasteiger partial charge in [0.2, 0.25) is 0 Å². The molecule has 0 bridgehead atoms. The van der Waals surface area contributed by atoms with E-state index < -0.39 is 5.60 Å². The minimum Gasteiger partial charge on any atom is -0.386 e. The lowest BCUT2D eigenvalue weighted by molar-refractivity contribution is 0.0786. The summed E-state index contributed by atoms with van der Waals surface area (Å²) in [5, 5.41) is 19.5. The maximum Gasteiger partial charge on any atom is 0.155 e. The van der Waals surface area contributed by atoms with Gasteiger partial charge in [0.1, 0.15) is 17.4 Å². The first-order valence-corrected chi connectivity index (χ1v) is 7.98. The molecule has 0 saturated heterocycles. The lowest BCUT2D eigenvalue weighted by atomic mass is 9.97. The molecule has 3 aromatic heterocycles. The third kappa shape index (κ3) is 2.29. The molecule has 0 saturated carbocycles. The van der Waals surface area contributed by atoms with Crippen LogP contribution in [0.1, 0.15) is 30.8 Å². The smallest absolute Gasteiger partial charge is 0.155 e. The number of benzene rings is 1. The first-order chi connectivity index (χ1) is 11.9. The zero-order valence-corrected chi connectivity index (χ0v) is 14.2. The van der Waals surface area contributed by atoms with Crippen LogP contribution in [-0.2, 0) is 5.60 Å². The van der Waals surface area contributed by atoms with Gasteiger partial charge in [0.05, 0.1) is 28.6 Å². The van der Waals surface area contributed by atoms with E-state index >= 15 is 0 Å². The summed E-state index contributed by atoms with van der Waals surface area (Å²) in [5.41, 5.74) is 4.49. The van der Waals surface area contributed by atoms with E-state index in [1.54, 1.807) is 26.2 Å². The number of H-pyrrole nitrogens is 1. The molecular formula is C19H17N5O. The van der Waals surface area contributed by atoms with Crippen LogP contribution in [0, 0.1) is 18.3 Å². The van der Waals surface area contributed by atoms with Crippen LogP contribution in [0.5, 0.6) is 0 Å². The van der Waals surface area contributed by atoms with Crippen LogP contribution in [0.15, 0.2) is 36.7 Å². The zero-order chi connectivity index (χ0) is 17.8. The Morgan fingerprint density at radius 3 is 2.60 bits per heavy atom. The Morgan fingerprint density at radius 2 is 1.96 bits per heavy atom. The van der Waals surface area contributed by atoms with Gasteiger partial charge in [-0.25, -0.2) is 9.97 Å². The van der Waals surface area contributed by atoms with Crippen LogP contribution in [-0.4, -0.2) is 24.5 Å². The van der Waals surface area contributed by atoms with Gasteiger partial charge in [-0.05, 0) is 26.3 Å². The van der Waals surface area contributed by atoms with Crippen molar-refractivity contribution < 1.29 is 5.11 Å². The predicted molar refractivity (Wildman–Crippen MR) is 95.0 cm³/mol. The Hall–Kier alpha value is -3.17. The first-order valence-electron chi connectivity index (χ1n) is 7.98. The second-order valence-corrected chi connectivity index (χ2v) is 6.63. The molecule has 25 heavy (non-hydrogen) atoms. The number of rotatable bonds is 2. The number of aromatic amines is 1. The van der Waals surface area contributed by atoms with Crippen molar-refractivity contribution >= 4 is 16.7 Å². The van der Waals surface area contributed by atoms with Crippen molar-refractivity contribution in [2.75, 3.05) is 0 Å². The summed E-state index contributed by atoms with van der Waals surface area (Å²) >= 11 is 0. The Kier molecular flexibility index (Phi) is 3.17. The van der Waals surface area contributed by atoms with Crippen molar-refractivity contribution in [3.63, 3.8) is 0 Å². The maximum absolute atomic E-state index is 10.1. The van der Waals surface area contributed by atoms with Gasteiger partial charge in [0, 0.05) is 11.8 Å². The molecule has 0 atom stereocenters. The van der Waals surface area contributed by atoms with Gasteiger partial charge in [0.15, 0.2) is 5.65 Å². The number of hydrogen-bond acceptors (Lipinski definition) is 4. The molecule has 0 radical (unpaired) electrons. The standard InChI is InChI=1S/C19H17N5O/c1-11-23-16(12-4-6-14(7-5-12)19(2,3)25)15-10-22-18-17(24(11)15)13(8-20)9-21-18/h4-7,9-10,21,25H,1-3H3. The van der Waals surface area contributed by atoms with E-state index in [1.807, 2.05) is 35.6 Å². The van der Waals surface area contributed by atoms with Crippen molar-refractivity contribution in [1.82, 2.24) is 19.4 Å². The normalized spacial score (nSPS) is 12.0. The van der Waals surface area contributed by atoms with Gasteiger partial charge in [0.25, 0.3) is 0 Å². The maximum atomic E-state index is 10.1. The summed E-state index contributed by atoms with van der Waals surface area (Å²) in [5.74, 6) is 0.792. The van der Waals surface area contributed by atoms with E-state index in [1.165, 1.54) is 0 Å². The highest BCUT2D eigenvalue weighted by Gasteiger charge is 2.18. The average molecular weight is 331 g/mol. The van der Waals surface area contributed by atoms with E-state index in [0.717, 1.165) is 33.7 Å². The lowest BCUT2D eigenvalue weighted by Gasteiger charge is -2.17. The fraction of sp³-hybridized carbons (Fsp3) is 0.211. The first kappa shape index (κ1) is 15.4. The second-order valence-electron chi connectivity index (χ2n) is 6.63. The number of nitrogens with one attached hydrogen (secondary N) is 1. The van der Waals surface area contributed by atoms with Crippen molar-refractivity contribution in [1.29, 1.82) is 5.26 Å². The van der Waals surface area contributed by atoms with Crippen molar-refractivity contribution in [2.45, 2.75) is 26.4 Å². The van der Waals surface area contributed by atoms with E-state index in [0.29, 0.717) is 11.2 Å². The van der Waals surface area contributed by atoms with E-state index in [2.05, 4.69) is 16.0 Å². The molecule has 2 N–H and O–H groups in total. The van der Waals surface area contributed by atoms with Crippen LogP contribution in [0.3, 0.4) is 0 Å². The minimum absolute atomic E-state index is 0.539. The second kappa shape index (κ2) is 5.16. The number of nitrogens with zero attached hydrogens (tertiary/aromatic N) is 4. The Balaban J connectivity index is 1.96. The minimum atomic E-state index is -0.884. The van der Waals surface area contributed by atoms with Gasteiger partial charge in [-0.15, -0.1) is 0 Å². The van der Waals surface area contributed by atoms with Gasteiger partial charge < -0.3 is 10.1 Å². The fourth-order valence-electron chi connectivity index (χ4n) is 3.14. The van der Waals surface area contributed by atoms with E-state index in [9.17, 15) is 10.4 Å². The summed E-state index contributed by atoms with van der Waals surface area (Å²) in [6.45, 7) is 5.43. The molecule has 1 aromatic carbocycles. The van der Waals surface area contributed by atoms with Crippen molar-refractivity contribution in [2.24, 2.45) is 0 Å². The highest BCUT2D eigenvalue weighted by Crippen LogP contribution is 2.30. The van der Waals surface area contributed by atoms with Crippen LogP contribution in [0.25, 0.3) is 27.9 Å². The Bertz CT molecular complexity index is 1140. The third-order valence-corrected chi connectivity index (χ3v) is 4.44. The SMILES string of the molecule is Cc1nc(-c2ccc(C(C)(C)O)cc2)c2cnc3[nH]cc(C#N)c3n12. The van der Waals surface area contributed by atoms with Crippen molar-refractivity contribution in [3.05, 3.63) is 53.6 Å². The Labute approximate surface area is 144 Å². The molecule has 0 amide bonds. The molecular weight excluding hydrogens is 314 g/mol. The van der Waals surface area contributed by atoms with Crippen LogP contribution in [0.2, 0.25) is 0 Å². The van der Waals surface area contributed by atoms with Gasteiger partial charge >= 0.3 is 0 Å². The molecule has 124 valence electrons. The average Bonchev–Trinajstić information content (AvgIpc) is 3.15. The van der Waals surface area contributed by atoms with Crippen LogP contribution >= 0.6 is 0 Å². The largest absolute Gasteiger partial charge is 0.386 e. The molecule has 0 aliphatic heterocycles. The Morgan fingerprint density at radius 1 is 1.24 bits per heavy atom. The number of aromatic nitrogens is 4. The quantitative estimate of drug-likeness (QED) is 0.590.